The van der Waals surface area contributed by atoms with E-state index in [1.165, 1.54) is 48.7 Å². The molecule has 8 saturated heterocycles. The van der Waals surface area contributed by atoms with Gasteiger partial charge in [-0.25, -0.2) is 0 Å². The molecule has 141 heavy (non-hydrogen) atoms. The Hall–Kier alpha value is -9.42. The molecule has 0 aromatic carbocycles. The van der Waals surface area contributed by atoms with Gasteiger partial charge in [0.15, 0.2) is 86.8 Å². The number of esters is 15. The lowest BCUT2D eigenvalue weighted by molar-refractivity contribution is -0.388. The second-order valence-electron chi connectivity index (χ2n) is 35.9. The Balaban J connectivity index is 1.11. The molecule has 1 amide bonds. The molecule has 0 bridgehead atoms. The largest absolute Gasteiger partial charge is 0.463 e. The maximum absolute atomic E-state index is 13.7. The van der Waals surface area contributed by atoms with Crippen LogP contribution in [0.25, 0.3) is 0 Å². The number of ether oxygens (including phenoxy) is 32. The highest BCUT2D eigenvalue weighted by Crippen LogP contribution is 2.47. The van der Waals surface area contributed by atoms with Crippen molar-refractivity contribution in [2.75, 3.05) is 66.7 Å². The minimum absolute atomic E-state index is 0.210. The second-order valence-corrected chi connectivity index (χ2v) is 35.9. The zero-order valence-corrected chi connectivity index (χ0v) is 83.8. The molecule has 0 aliphatic carbocycles. The summed E-state index contributed by atoms with van der Waals surface area (Å²) < 4.78 is 199. The first-order valence-corrected chi connectivity index (χ1v) is 46.5. The van der Waals surface area contributed by atoms with Crippen LogP contribution < -0.4 is 5.32 Å². The molecule has 8 aliphatic heterocycles. The van der Waals surface area contributed by atoms with Crippen LogP contribution in [-0.4, -0.2) is 359 Å². The first-order valence-electron chi connectivity index (χ1n) is 46.5. The van der Waals surface area contributed by atoms with Gasteiger partial charge in [-0.15, -0.1) is 0 Å². The number of hydrogen-bond acceptors (Lipinski definition) is 48. The van der Waals surface area contributed by atoms with Crippen molar-refractivity contribution in [3.63, 3.8) is 0 Å². The van der Waals surface area contributed by atoms with Crippen molar-refractivity contribution < 1.29 is 228 Å². The van der Waals surface area contributed by atoms with Gasteiger partial charge in [0.05, 0.1) is 61.5 Å². The Morgan fingerprint density at radius 2 is 0.390 bits per heavy atom. The van der Waals surface area contributed by atoms with Gasteiger partial charge < -0.3 is 157 Å². The van der Waals surface area contributed by atoms with Gasteiger partial charge in [0, 0.05) is 158 Å². The standard InChI is InChI=1S/C92H137NO48/c1-27-69(109)93-36-111-28-61-71(110-26)38(3)79(121-54(19)102)86(128-61)136-73-39(4)81(123-56(21)104)88(130-63(73)30-113-47(12)95)138-75-41(6)83(125-58(23)106)90(132-65(75)32-115-49(14)97)140-77-43(8)85(127-60(25)108)92(134-67(77)34-117-51(16)99)141-78-44(9)84(126-59(24)107)91(133-68(78)35-118-52(17)100)139-76-42(7)82(124-57(22)105)89(131-66(76)33-116-50(15)98)137-74-40(5)80(122-55(20)103)87(129-64(74)31-114-48(13)96)135-72-37(2)70(120-53(18)101)45(10)119-62(72)29-112-46(11)94/h27,37-45,61-68,70-92H,1,28-36H2,2-26H3,(H,93,109). The molecule has 0 radical (unpaired) electrons. The van der Waals surface area contributed by atoms with Gasteiger partial charge >= 0.3 is 89.5 Å². The average Bonchev–Trinajstić information content (AvgIpc) is 0.758. The van der Waals surface area contributed by atoms with Crippen molar-refractivity contribution in [1.29, 1.82) is 0 Å². The van der Waals surface area contributed by atoms with Crippen LogP contribution in [0.4, 0.5) is 0 Å². The predicted molar refractivity (Wildman–Crippen MR) is 463 cm³/mol. The molecule has 40 atom stereocenters. The minimum Gasteiger partial charge on any atom is -0.463 e. The van der Waals surface area contributed by atoms with E-state index in [2.05, 4.69) is 11.9 Å². The maximum Gasteiger partial charge on any atom is 0.303 e. The van der Waals surface area contributed by atoms with Crippen molar-refractivity contribution in [1.82, 2.24) is 5.32 Å². The molecule has 1 N–H and O–H groups in total. The van der Waals surface area contributed by atoms with E-state index in [4.69, 9.17) is 152 Å². The summed E-state index contributed by atoms with van der Waals surface area (Å²) in [5.41, 5.74) is 0. The number of nitrogens with one attached hydrogen (secondary N) is 1. The lowest BCUT2D eigenvalue weighted by atomic mass is 9.86. The fourth-order valence-electron chi connectivity index (χ4n) is 18.5. The van der Waals surface area contributed by atoms with Crippen LogP contribution in [0.1, 0.15) is 166 Å². The number of carbonyl (C=O) groups excluding carboxylic acids is 16. The Bertz CT molecular complexity index is 4190. The minimum atomic E-state index is -1.82. The fraction of sp³-hybridized carbons (Fsp3) is 0.804. The van der Waals surface area contributed by atoms with Gasteiger partial charge in [-0.1, -0.05) is 62.0 Å². The van der Waals surface area contributed by atoms with Crippen molar-refractivity contribution in [3.8, 4) is 0 Å². The first kappa shape index (κ1) is 117. The highest BCUT2D eigenvalue weighted by Gasteiger charge is 2.62. The Labute approximate surface area is 815 Å². The molecule has 40 unspecified atom stereocenters. The van der Waals surface area contributed by atoms with Gasteiger partial charge in [0.25, 0.3) is 0 Å². The Morgan fingerprint density at radius 3 is 0.560 bits per heavy atom. The molecule has 0 saturated carbocycles. The van der Waals surface area contributed by atoms with Gasteiger partial charge in [0.1, 0.15) is 108 Å². The number of amides is 1. The van der Waals surface area contributed by atoms with Gasteiger partial charge in [-0.3, -0.25) is 76.7 Å². The topological polar surface area (TPSA) is 581 Å². The van der Waals surface area contributed by atoms with Gasteiger partial charge in [-0.05, 0) is 13.0 Å². The number of hydrogen-bond donors (Lipinski definition) is 1. The fourth-order valence-corrected chi connectivity index (χ4v) is 18.5. The molecule has 49 heteroatoms. The van der Waals surface area contributed by atoms with E-state index in [9.17, 15) is 76.7 Å². The Morgan fingerprint density at radius 1 is 0.227 bits per heavy atom. The van der Waals surface area contributed by atoms with Crippen molar-refractivity contribution in [2.24, 2.45) is 47.3 Å². The maximum atomic E-state index is 13.7. The van der Waals surface area contributed by atoms with Crippen LogP contribution in [0, 0.1) is 47.3 Å². The summed E-state index contributed by atoms with van der Waals surface area (Å²) in [6, 6.07) is 0. The molecule has 0 aromatic rings. The van der Waals surface area contributed by atoms with Crippen LogP contribution in [0.15, 0.2) is 12.7 Å². The molecule has 8 fully saturated rings. The van der Waals surface area contributed by atoms with Crippen LogP contribution in [0.5, 0.6) is 0 Å². The third-order valence-electron chi connectivity index (χ3n) is 24.8. The number of rotatable bonds is 42. The van der Waals surface area contributed by atoms with Crippen LogP contribution in [0.3, 0.4) is 0 Å². The quantitative estimate of drug-likeness (QED) is 0.0301. The average molecular weight is 2030 g/mol. The van der Waals surface area contributed by atoms with E-state index < -0.39 is 379 Å². The van der Waals surface area contributed by atoms with E-state index in [1.54, 1.807) is 34.6 Å². The van der Waals surface area contributed by atoms with E-state index in [0.717, 1.165) is 96.1 Å². The molecular formula is C92H137NO48. The summed E-state index contributed by atoms with van der Waals surface area (Å²) in [6.45, 7) is 29.6. The lowest BCUT2D eigenvalue weighted by Crippen LogP contribution is -2.66. The predicted octanol–water partition coefficient (Wildman–Crippen LogP) is 2.32. The molecule has 0 spiro atoms. The van der Waals surface area contributed by atoms with Crippen molar-refractivity contribution >= 4 is 95.4 Å². The van der Waals surface area contributed by atoms with E-state index >= 15 is 0 Å². The van der Waals surface area contributed by atoms with Crippen molar-refractivity contribution in [3.05, 3.63) is 12.7 Å². The molecule has 8 rings (SSSR count). The molecule has 798 valence electrons. The Kier molecular flexibility index (Phi) is 44.7. The first-order chi connectivity index (χ1) is 66.3. The molecule has 0 aromatic heterocycles. The zero-order valence-electron chi connectivity index (χ0n) is 83.8. The summed E-state index contributed by atoms with van der Waals surface area (Å²) in [4.78, 5) is 208. The lowest BCUT2D eigenvalue weighted by Gasteiger charge is -2.52. The molecular weight excluding hydrogens is 1890 g/mol. The molecule has 8 aliphatic rings. The monoisotopic (exact) mass is 2020 g/mol. The van der Waals surface area contributed by atoms with Crippen molar-refractivity contribution in [2.45, 2.75) is 363 Å². The summed E-state index contributed by atoms with van der Waals surface area (Å²) in [7, 11) is 1.40. The summed E-state index contributed by atoms with van der Waals surface area (Å²) in [5.74, 6) is -21.3. The van der Waals surface area contributed by atoms with Crippen LogP contribution >= 0.6 is 0 Å². The van der Waals surface area contributed by atoms with Gasteiger partial charge in [0.2, 0.25) is 5.91 Å². The number of carbonyl (C=O) groups is 16. The highest BCUT2D eigenvalue weighted by atomic mass is 16.8. The zero-order chi connectivity index (χ0) is 105. The second kappa shape index (κ2) is 54.0. The van der Waals surface area contributed by atoms with Crippen LogP contribution in [-0.2, 0) is 228 Å². The van der Waals surface area contributed by atoms with Crippen LogP contribution in [0.2, 0.25) is 0 Å². The van der Waals surface area contributed by atoms with Gasteiger partial charge in [-0.2, -0.15) is 0 Å². The smallest absolute Gasteiger partial charge is 0.303 e. The molecule has 49 nitrogen and oxygen atoms in total. The third kappa shape index (κ3) is 32.8. The third-order valence-corrected chi connectivity index (χ3v) is 24.8. The highest BCUT2D eigenvalue weighted by molar-refractivity contribution is 5.86. The van der Waals surface area contributed by atoms with E-state index in [0.29, 0.717) is 0 Å². The van der Waals surface area contributed by atoms with E-state index in [1.807, 2.05) is 0 Å². The normalized spacial score (nSPS) is 37.3. The molecule has 8 heterocycles. The number of methoxy groups -OCH3 is 1. The summed E-state index contributed by atoms with van der Waals surface area (Å²) >= 11 is 0. The summed E-state index contributed by atoms with van der Waals surface area (Å²) in [6.07, 6.45) is -44.7. The van der Waals surface area contributed by atoms with E-state index in [-0.39, 0.29) is 19.9 Å². The summed E-state index contributed by atoms with van der Waals surface area (Å²) in [5, 5.41) is 2.50. The SMILES string of the molecule is C=CC(=O)NCOCC1OC(OC2C(COC(C)=O)OC(OC3C(COC(C)=O)OC(OC4C(COC(C)=O)OC(OC5C(COC(C)=O)OC(OC6C(COC(C)=O)OC(OC7C(COC(C)=O)OC(OC8C(COC(C)=O)OC(C)C(OC(C)=O)C8C)C(OC(C)=O)C7C)C(OC(C)=O)C6C)C(OC(C)=O)C5C)C(OC(C)=O)C4C)C(OC(C)=O)C3C)C(OC(C)=O)C2C)C(OC(C)=O)C(C)C1OC.